The molecule has 1 heterocycles. The fourth-order valence-corrected chi connectivity index (χ4v) is 3.30. The molecule has 0 N–H and O–H groups in total. The number of benzene rings is 1. The van der Waals surface area contributed by atoms with E-state index in [2.05, 4.69) is 62.9 Å². The van der Waals surface area contributed by atoms with Gasteiger partial charge in [-0.15, -0.1) is 0 Å². The zero-order chi connectivity index (χ0) is 14.7. The van der Waals surface area contributed by atoms with Crippen molar-refractivity contribution >= 4 is 5.78 Å². The van der Waals surface area contributed by atoms with Crippen molar-refractivity contribution in [2.24, 2.45) is 11.8 Å². The smallest absolute Gasteiger partial charge is 0.136 e. The van der Waals surface area contributed by atoms with Gasteiger partial charge in [-0.3, -0.25) is 9.69 Å². The van der Waals surface area contributed by atoms with Crippen LogP contribution in [-0.2, 0) is 11.3 Å². The van der Waals surface area contributed by atoms with Gasteiger partial charge in [0.05, 0.1) is 0 Å². The van der Waals surface area contributed by atoms with Crippen LogP contribution < -0.4 is 0 Å². The highest BCUT2D eigenvalue weighted by molar-refractivity contribution is 5.80. The molecule has 20 heavy (non-hydrogen) atoms. The lowest BCUT2D eigenvalue weighted by molar-refractivity contribution is -0.128. The second-order valence-electron chi connectivity index (χ2n) is 6.73. The standard InChI is InChI=1S/C18H27NO/c1-13(2)17-10-16(20)11-18(14(3)4)19(17)12-15-8-6-5-7-9-15/h5-9,13-14,17-18H,10-12H2,1-4H3. The SMILES string of the molecule is CC(C)C1CC(=O)CC(C(C)C)N1Cc1ccccc1. The Kier molecular flexibility index (Phi) is 4.98. The highest BCUT2D eigenvalue weighted by Gasteiger charge is 2.37. The molecule has 2 nitrogen and oxygen atoms in total. The minimum absolute atomic E-state index is 0.379. The van der Waals surface area contributed by atoms with Crippen molar-refractivity contribution in [3.05, 3.63) is 35.9 Å². The van der Waals surface area contributed by atoms with Gasteiger partial charge in [0, 0.05) is 31.5 Å². The van der Waals surface area contributed by atoms with Crippen LogP contribution in [-0.4, -0.2) is 22.8 Å². The number of ketones is 1. The number of likely N-dealkylation sites (tertiary alicyclic amines) is 1. The average Bonchev–Trinajstić information content (AvgIpc) is 2.41. The van der Waals surface area contributed by atoms with Crippen molar-refractivity contribution in [3.8, 4) is 0 Å². The van der Waals surface area contributed by atoms with Gasteiger partial charge in [0.2, 0.25) is 0 Å². The minimum atomic E-state index is 0.379. The summed E-state index contributed by atoms with van der Waals surface area (Å²) < 4.78 is 0. The molecule has 0 radical (unpaired) electrons. The van der Waals surface area contributed by atoms with Gasteiger partial charge in [0.25, 0.3) is 0 Å². The Morgan fingerprint density at radius 1 is 1.00 bits per heavy atom. The fourth-order valence-electron chi connectivity index (χ4n) is 3.30. The second kappa shape index (κ2) is 6.53. The zero-order valence-corrected chi connectivity index (χ0v) is 13.2. The molecule has 2 unspecified atom stereocenters. The van der Waals surface area contributed by atoms with Crippen molar-refractivity contribution in [2.45, 2.75) is 59.2 Å². The number of carbonyl (C=O) groups excluding carboxylic acids is 1. The summed E-state index contributed by atoms with van der Waals surface area (Å²) in [7, 11) is 0. The largest absolute Gasteiger partial charge is 0.300 e. The van der Waals surface area contributed by atoms with E-state index in [0.29, 0.717) is 42.5 Å². The molecule has 0 aromatic heterocycles. The molecule has 2 atom stereocenters. The predicted molar refractivity (Wildman–Crippen MR) is 83.5 cm³/mol. The van der Waals surface area contributed by atoms with Crippen LogP contribution in [0.2, 0.25) is 0 Å². The van der Waals surface area contributed by atoms with Crippen LogP contribution in [0.4, 0.5) is 0 Å². The van der Waals surface area contributed by atoms with Gasteiger partial charge in [-0.05, 0) is 17.4 Å². The third kappa shape index (κ3) is 3.49. The van der Waals surface area contributed by atoms with E-state index >= 15 is 0 Å². The summed E-state index contributed by atoms with van der Waals surface area (Å²) in [4.78, 5) is 14.6. The molecule has 2 heteroatoms. The summed E-state index contributed by atoms with van der Waals surface area (Å²) in [6, 6.07) is 11.4. The molecule has 1 fully saturated rings. The van der Waals surface area contributed by atoms with Gasteiger partial charge >= 0.3 is 0 Å². The molecule has 0 saturated carbocycles. The first-order valence-electron chi connectivity index (χ1n) is 7.80. The molecule has 110 valence electrons. The summed E-state index contributed by atoms with van der Waals surface area (Å²) >= 11 is 0. The topological polar surface area (TPSA) is 20.3 Å². The van der Waals surface area contributed by atoms with E-state index in [1.165, 1.54) is 5.56 Å². The molecular weight excluding hydrogens is 246 g/mol. The van der Waals surface area contributed by atoms with E-state index in [9.17, 15) is 4.79 Å². The molecular formula is C18H27NO. The lowest BCUT2D eigenvalue weighted by Gasteiger charge is -2.45. The number of hydrogen-bond donors (Lipinski definition) is 0. The van der Waals surface area contributed by atoms with E-state index in [1.807, 2.05) is 0 Å². The summed E-state index contributed by atoms with van der Waals surface area (Å²) in [5.41, 5.74) is 1.35. The Hall–Kier alpha value is -1.15. The quantitative estimate of drug-likeness (QED) is 0.829. The van der Waals surface area contributed by atoms with Crippen molar-refractivity contribution in [1.29, 1.82) is 0 Å². The van der Waals surface area contributed by atoms with Crippen LogP contribution in [0.15, 0.2) is 30.3 Å². The maximum Gasteiger partial charge on any atom is 0.136 e. The molecule has 0 amide bonds. The van der Waals surface area contributed by atoms with Crippen LogP contribution >= 0.6 is 0 Å². The van der Waals surface area contributed by atoms with Gasteiger partial charge in [-0.2, -0.15) is 0 Å². The van der Waals surface area contributed by atoms with Crippen molar-refractivity contribution < 1.29 is 4.79 Å². The summed E-state index contributed by atoms with van der Waals surface area (Å²) in [5.74, 6) is 1.47. The van der Waals surface area contributed by atoms with E-state index in [-0.39, 0.29) is 0 Å². The van der Waals surface area contributed by atoms with E-state index in [4.69, 9.17) is 0 Å². The Bertz CT molecular complexity index is 418. The Morgan fingerprint density at radius 3 is 1.95 bits per heavy atom. The summed E-state index contributed by atoms with van der Waals surface area (Å²) in [5, 5.41) is 0. The second-order valence-corrected chi connectivity index (χ2v) is 6.73. The lowest BCUT2D eigenvalue weighted by atomic mass is 9.83. The van der Waals surface area contributed by atoms with Gasteiger partial charge in [-0.1, -0.05) is 58.0 Å². The Balaban J connectivity index is 2.24. The molecule has 1 aromatic rings. The maximum atomic E-state index is 12.1. The number of hydrogen-bond acceptors (Lipinski definition) is 2. The molecule has 1 aromatic carbocycles. The first kappa shape index (κ1) is 15.2. The predicted octanol–water partition coefficient (Wildman–Crippen LogP) is 3.90. The van der Waals surface area contributed by atoms with Gasteiger partial charge in [0.1, 0.15) is 5.78 Å². The number of Topliss-reactive ketones (excluding diaryl/α,β-unsaturated/α-hetero) is 1. The number of piperidine rings is 1. The van der Waals surface area contributed by atoms with Crippen LogP contribution in [0.5, 0.6) is 0 Å². The van der Waals surface area contributed by atoms with Crippen molar-refractivity contribution in [3.63, 3.8) is 0 Å². The zero-order valence-electron chi connectivity index (χ0n) is 13.2. The third-order valence-electron chi connectivity index (χ3n) is 4.47. The van der Waals surface area contributed by atoms with Gasteiger partial charge in [-0.25, -0.2) is 0 Å². The Morgan fingerprint density at radius 2 is 1.50 bits per heavy atom. The van der Waals surface area contributed by atoms with Crippen LogP contribution in [0.3, 0.4) is 0 Å². The molecule has 1 saturated heterocycles. The molecule has 0 bridgehead atoms. The molecule has 0 spiro atoms. The van der Waals surface area contributed by atoms with E-state index < -0.39 is 0 Å². The molecule has 1 aliphatic heterocycles. The Labute approximate surface area is 123 Å². The van der Waals surface area contributed by atoms with Crippen LogP contribution in [0.1, 0.15) is 46.1 Å². The van der Waals surface area contributed by atoms with Crippen LogP contribution in [0.25, 0.3) is 0 Å². The first-order valence-corrected chi connectivity index (χ1v) is 7.80. The minimum Gasteiger partial charge on any atom is -0.300 e. The normalized spacial score (nSPS) is 24.6. The monoisotopic (exact) mass is 273 g/mol. The molecule has 2 rings (SSSR count). The van der Waals surface area contributed by atoms with Crippen LogP contribution in [0, 0.1) is 11.8 Å². The van der Waals surface area contributed by atoms with Crippen molar-refractivity contribution in [2.75, 3.05) is 0 Å². The van der Waals surface area contributed by atoms with E-state index in [0.717, 1.165) is 6.54 Å². The number of rotatable bonds is 4. The summed E-state index contributed by atoms with van der Waals surface area (Å²) in [6.45, 7) is 9.90. The number of nitrogens with zero attached hydrogens (tertiary/aromatic N) is 1. The molecule has 1 aliphatic rings. The summed E-state index contributed by atoms with van der Waals surface area (Å²) in [6.07, 6.45) is 1.43. The number of carbonyl (C=O) groups is 1. The van der Waals surface area contributed by atoms with Crippen molar-refractivity contribution in [1.82, 2.24) is 4.90 Å². The van der Waals surface area contributed by atoms with Gasteiger partial charge in [0.15, 0.2) is 0 Å². The lowest BCUT2D eigenvalue weighted by Crippen LogP contribution is -2.53. The highest BCUT2D eigenvalue weighted by atomic mass is 16.1. The third-order valence-corrected chi connectivity index (χ3v) is 4.47. The first-order chi connectivity index (χ1) is 9.49. The molecule has 0 aliphatic carbocycles. The highest BCUT2D eigenvalue weighted by Crippen LogP contribution is 2.31. The fraction of sp³-hybridized carbons (Fsp3) is 0.611. The van der Waals surface area contributed by atoms with Gasteiger partial charge < -0.3 is 0 Å². The van der Waals surface area contributed by atoms with E-state index in [1.54, 1.807) is 0 Å². The maximum absolute atomic E-state index is 12.1. The average molecular weight is 273 g/mol.